The number of halogens is 2. The Hall–Kier alpha value is -7.56. The van der Waals surface area contributed by atoms with E-state index in [0.29, 0.717) is 48.2 Å². The van der Waals surface area contributed by atoms with Crippen molar-refractivity contribution in [2.24, 2.45) is 16.6 Å². The van der Waals surface area contributed by atoms with E-state index in [9.17, 15) is 48.6 Å². The number of hydrogen-bond acceptors (Lipinski definition) is 13. The molecular formula is C54H62Cl2N10O11. The lowest BCUT2D eigenvalue weighted by molar-refractivity contribution is -0.142. The summed E-state index contributed by atoms with van der Waals surface area (Å²) in [5.41, 5.74) is 5.22. The van der Waals surface area contributed by atoms with Gasteiger partial charge in [0.05, 0.1) is 23.3 Å². The van der Waals surface area contributed by atoms with Gasteiger partial charge in [0.1, 0.15) is 35.5 Å². The summed E-state index contributed by atoms with van der Waals surface area (Å²) < 4.78 is 2.31. The van der Waals surface area contributed by atoms with Crippen LogP contribution in [0.25, 0.3) is 22.1 Å². The Kier molecular flexibility index (Phi) is 19.1. The van der Waals surface area contributed by atoms with Crippen LogP contribution in [0.15, 0.2) is 94.8 Å². The van der Waals surface area contributed by atoms with Crippen molar-refractivity contribution in [1.29, 1.82) is 0 Å². The summed E-state index contributed by atoms with van der Waals surface area (Å²) >= 11 is 11.8. The fraction of sp³-hybridized carbons (Fsp3) is 0.370. The Balaban J connectivity index is 0.000000230. The summed E-state index contributed by atoms with van der Waals surface area (Å²) in [6.07, 6.45) is 1.35. The second kappa shape index (κ2) is 25.1. The molecule has 8 rings (SSSR count). The number of fused-ring (bicyclic) bond motifs is 2. The molecule has 8 N–H and O–H groups in total. The summed E-state index contributed by atoms with van der Waals surface area (Å²) in [7, 11) is 0. The number of aliphatic hydroxyl groups excluding tert-OH is 2. The van der Waals surface area contributed by atoms with E-state index in [0.717, 1.165) is 21.9 Å². The van der Waals surface area contributed by atoms with Crippen molar-refractivity contribution < 1.29 is 44.1 Å². The topological polar surface area (TPSA) is 301 Å². The molecule has 0 saturated carbocycles. The van der Waals surface area contributed by atoms with Crippen molar-refractivity contribution in [1.82, 2.24) is 44.9 Å². The molecule has 2 aromatic carbocycles. The molecule has 2 aliphatic heterocycles. The molecule has 2 atom stereocenters. The highest BCUT2D eigenvalue weighted by Crippen LogP contribution is 2.30. The van der Waals surface area contributed by atoms with Crippen molar-refractivity contribution in [3.05, 3.63) is 149 Å². The third-order valence-electron chi connectivity index (χ3n) is 12.3. The molecular weight excluding hydrogens is 1040 g/mol. The number of nitrogens with one attached hydrogen (secondary N) is 3. The van der Waals surface area contributed by atoms with Gasteiger partial charge >= 0.3 is 5.97 Å². The summed E-state index contributed by atoms with van der Waals surface area (Å²) in [6.45, 7) is 13.8. The Morgan fingerprint density at radius 1 is 0.610 bits per heavy atom. The van der Waals surface area contributed by atoms with Crippen molar-refractivity contribution in [3.8, 4) is 0 Å². The van der Waals surface area contributed by atoms with E-state index in [-0.39, 0.29) is 100 Å². The Morgan fingerprint density at radius 2 is 0.987 bits per heavy atom. The quantitative estimate of drug-likeness (QED) is 0.0770. The van der Waals surface area contributed by atoms with Crippen LogP contribution < -0.4 is 32.8 Å². The van der Waals surface area contributed by atoms with Gasteiger partial charge in [-0.05, 0) is 84.3 Å². The van der Waals surface area contributed by atoms with Gasteiger partial charge in [-0.2, -0.15) is 0 Å². The van der Waals surface area contributed by atoms with Crippen LogP contribution in [0.2, 0.25) is 10.0 Å². The highest BCUT2D eigenvalue weighted by atomic mass is 35.5. The second-order valence-corrected chi connectivity index (χ2v) is 21.4. The number of carbonyl (C=O) groups excluding carboxylic acids is 5. The fourth-order valence-electron chi connectivity index (χ4n) is 8.29. The van der Waals surface area contributed by atoms with Gasteiger partial charge in [-0.1, -0.05) is 75.2 Å². The van der Waals surface area contributed by atoms with Crippen molar-refractivity contribution in [2.45, 2.75) is 79.9 Å². The molecule has 2 fully saturated rings. The number of hydrogen-bond donors (Lipinski definition) is 7. The molecule has 21 nitrogen and oxygen atoms in total. The van der Waals surface area contributed by atoms with Crippen LogP contribution in [0.5, 0.6) is 0 Å². The first kappa shape index (κ1) is 58.7. The standard InChI is InChI=1S/C27H30ClN5O5.C24H23ClN4O5.C3H9NO/c1-16(34)10-30-24(36)19-8-18-9-21(25(37)31-11-17-4-6-20(28)7-5-17)26(38)33(23(18)29-12-19)13-22(35)32-14-27(2,3)15-32;1-24(2)12-28(13-24)19(30)11-29-20-15(7-16(10-26-20)23(33)34)8-18(22(29)32)21(31)27-9-14-3-5-17(25)6-4-14;1-3(5)2-4/h4-9,12,16,34H,10-11,13-15H2,1-3H3,(H,30,36)(H,31,37);3-8,10H,9,11-13H2,1-2H3,(H,27,31)(H,33,34);3,5H,2,4H2,1H3. The number of pyridine rings is 4. The van der Waals surface area contributed by atoms with Crippen molar-refractivity contribution in [3.63, 3.8) is 0 Å². The molecule has 0 spiro atoms. The van der Waals surface area contributed by atoms with Gasteiger partial charge in [0.2, 0.25) is 11.8 Å². The normalized spacial score (nSPS) is 14.8. The molecule has 6 heterocycles. The Bertz CT molecular complexity index is 3310. The number of likely N-dealkylation sites (tertiary alicyclic amines) is 2. The van der Waals surface area contributed by atoms with Crippen LogP contribution >= 0.6 is 23.2 Å². The maximum absolute atomic E-state index is 13.4. The maximum Gasteiger partial charge on any atom is 0.337 e. The number of nitrogens with zero attached hydrogens (tertiary/aromatic N) is 6. The lowest BCUT2D eigenvalue weighted by Gasteiger charge is -2.45. The van der Waals surface area contributed by atoms with E-state index in [2.05, 4.69) is 39.8 Å². The third-order valence-corrected chi connectivity index (χ3v) is 12.8. The van der Waals surface area contributed by atoms with E-state index in [1.165, 1.54) is 35.0 Å². The SMILES string of the molecule is CC(O)CN.CC(O)CNC(=O)c1cnc2c(c1)cc(C(=O)NCc1ccc(Cl)cc1)c(=O)n2CC(=O)N1CC(C)(C)C1.CC1(C)CN(C(=O)Cn2c(=O)c(C(=O)NCc3ccc(Cl)cc3)cc3cc(C(=O)O)cnc32)C1. The number of aromatic carboxylic acids is 1. The number of benzene rings is 2. The van der Waals surface area contributed by atoms with E-state index >= 15 is 0 Å². The average molecular weight is 1100 g/mol. The van der Waals surface area contributed by atoms with Gasteiger partial charge in [0, 0.05) is 85.6 Å². The van der Waals surface area contributed by atoms with E-state index in [1.54, 1.807) is 72.2 Å². The summed E-state index contributed by atoms with van der Waals surface area (Å²) in [5, 5.41) is 36.8. The van der Waals surface area contributed by atoms with E-state index < -0.39 is 40.9 Å². The third kappa shape index (κ3) is 15.5. The molecule has 0 radical (unpaired) electrons. The first-order valence-electron chi connectivity index (χ1n) is 24.5. The first-order chi connectivity index (χ1) is 36.2. The Morgan fingerprint density at radius 3 is 1.34 bits per heavy atom. The summed E-state index contributed by atoms with van der Waals surface area (Å²) in [6, 6.07) is 19.3. The minimum Gasteiger partial charge on any atom is -0.478 e. The smallest absolute Gasteiger partial charge is 0.337 e. The second-order valence-electron chi connectivity index (χ2n) is 20.6. The van der Waals surface area contributed by atoms with Crippen molar-refractivity contribution >= 4 is 80.8 Å². The number of aliphatic hydroxyl groups is 2. The zero-order valence-corrected chi connectivity index (χ0v) is 44.9. The largest absolute Gasteiger partial charge is 0.478 e. The summed E-state index contributed by atoms with van der Waals surface area (Å²) in [4.78, 5) is 114. The average Bonchev–Trinajstić information content (AvgIpc) is 3.37. The molecule has 2 unspecified atom stereocenters. The van der Waals surface area contributed by atoms with Gasteiger partial charge in [-0.3, -0.25) is 42.7 Å². The van der Waals surface area contributed by atoms with Gasteiger partial charge in [0.25, 0.3) is 28.8 Å². The van der Waals surface area contributed by atoms with E-state index in [4.69, 9.17) is 34.0 Å². The van der Waals surface area contributed by atoms with Gasteiger partial charge in [-0.25, -0.2) is 14.8 Å². The molecule has 4 aromatic heterocycles. The lowest BCUT2D eigenvalue weighted by Crippen LogP contribution is -2.56. The van der Waals surface area contributed by atoms with Crippen molar-refractivity contribution in [2.75, 3.05) is 39.3 Å². The number of carbonyl (C=O) groups is 6. The molecule has 0 bridgehead atoms. The number of amides is 5. The molecule has 6 aromatic rings. The first-order valence-corrected chi connectivity index (χ1v) is 25.3. The number of aromatic nitrogens is 4. The molecule has 408 valence electrons. The summed E-state index contributed by atoms with van der Waals surface area (Å²) in [5.74, 6) is -3.46. The minimum atomic E-state index is -1.19. The Labute approximate surface area is 453 Å². The maximum atomic E-state index is 13.4. The van der Waals surface area contributed by atoms with Crippen LogP contribution in [0.1, 0.15) is 94.1 Å². The molecule has 23 heteroatoms. The number of carboxylic acids is 1. The fourth-order valence-corrected chi connectivity index (χ4v) is 8.54. The van der Waals surface area contributed by atoms with E-state index in [1.807, 2.05) is 13.8 Å². The highest BCUT2D eigenvalue weighted by Gasteiger charge is 2.38. The lowest BCUT2D eigenvalue weighted by atomic mass is 9.84. The predicted molar refractivity (Wildman–Crippen MR) is 290 cm³/mol. The molecule has 2 aliphatic rings. The molecule has 77 heavy (non-hydrogen) atoms. The number of rotatable bonds is 15. The molecule has 5 amide bonds. The molecule has 2 saturated heterocycles. The number of nitrogens with two attached hydrogens (primary N) is 1. The monoisotopic (exact) mass is 1100 g/mol. The van der Waals surface area contributed by atoms with Gasteiger partial charge in [-0.15, -0.1) is 0 Å². The zero-order chi connectivity index (χ0) is 56.5. The highest BCUT2D eigenvalue weighted by molar-refractivity contribution is 6.30. The van der Waals surface area contributed by atoms with Gasteiger partial charge < -0.3 is 46.8 Å². The van der Waals surface area contributed by atoms with Crippen LogP contribution in [0, 0.1) is 10.8 Å². The van der Waals surface area contributed by atoms with Crippen LogP contribution in [0.3, 0.4) is 0 Å². The van der Waals surface area contributed by atoms with Gasteiger partial charge in [0.15, 0.2) is 0 Å². The predicted octanol–water partition coefficient (Wildman–Crippen LogP) is 3.83. The van der Waals surface area contributed by atoms with Crippen LogP contribution in [-0.2, 0) is 35.8 Å². The molecule has 0 aliphatic carbocycles. The number of carboxylic acid groups (broad SMARTS) is 1. The zero-order valence-electron chi connectivity index (χ0n) is 43.4. The van der Waals surface area contributed by atoms with Crippen LogP contribution in [0.4, 0.5) is 0 Å². The minimum absolute atomic E-state index is 0.0126. The van der Waals surface area contributed by atoms with Crippen LogP contribution in [-0.4, -0.2) is 131 Å².